The topological polar surface area (TPSA) is 47.1 Å². The zero-order chi connectivity index (χ0) is 13.9. The summed E-state index contributed by atoms with van der Waals surface area (Å²) >= 11 is 0. The Morgan fingerprint density at radius 1 is 1.35 bits per heavy atom. The van der Waals surface area contributed by atoms with E-state index in [1.165, 1.54) is 18.4 Å². The molecule has 0 aliphatic heterocycles. The van der Waals surface area contributed by atoms with Crippen molar-refractivity contribution < 1.29 is 0 Å². The van der Waals surface area contributed by atoms with Crippen molar-refractivity contribution in [1.29, 1.82) is 0 Å². The van der Waals surface area contributed by atoms with Crippen LogP contribution in [0.4, 0.5) is 0 Å². The van der Waals surface area contributed by atoms with Gasteiger partial charge in [0.05, 0.1) is 11.9 Å². The molecule has 4 nitrogen and oxygen atoms in total. The lowest BCUT2D eigenvalue weighted by Gasteiger charge is -2.25. The van der Waals surface area contributed by atoms with E-state index in [-0.39, 0.29) is 6.04 Å². The van der Waals surface area contributed by atoms with E-state index in [9.17, 15) is 0 Å². The van der Waals surface area contributed by atoms with E-state index in [0.717, 1.165) is 18.2 Å². The van der Waals surface area contributed by atoms with Gasteiger partial charge in [-0.15, -0.1) is 0 Å². The average molecular weight is 270 g/mol. The van der Waals surface area contributed by atoms with E-state index in [0.29, 0.717) is 6.54 Å². The molecule has 0 spiro atoms. The molecule has 1 fully saturated rings. The summed E-state index contributed by atoms with van der Waals surface area (Å²) < 4.78 is 1.92. The van der Waals surface area contributed by atoms with Gasteiger partial charge in [-0.1, -0.05) is 18.2 Å². The highest BCUT2D eigenvalue weighted by molar-refractivity contribution is 5.31. The summed E-state index contributed by atoms with van der Waals surface area (Å²) in [5, 5.41) is 4.47. The van der Waals surface area contributed by atoms with Gasteiger partial charge < -0.3 is 5.73 Å². The lowest BCUT2D eigenvalue weighted by atomic mass is 10.1. The third kappa shape index (κ3) is 2.92. The van der Waals surface area contributed by atoms with Crippen molar-refractivity contribution in [2.45, 2.75) is 18.9 Å². The number of rotatable bonds is 6. The normalized spacial score (nSPS) is 16.6. The first kappa shape index (κ1) is 13.3. The Bertz CT molecular complexity index is 545. The minimum Gasteiger partial charge on any atom is -0.329 e. The molecule has 0 bridgehead atoms. The number of nitrogens with two attached hydrogens (primary N) is 1. The van der Waals surface area contributed by atoms with E-state index >= 15 is 0 Å². The molecular weight excluding hydrogens is 248 g/mol. The number of benzene rings is 1. The standard InChI is InChI=1S/C16H22N4/c1-19(11-13-7-8-13)16(9-17)14-10-18-20(12-14)15-5-3-2-4-6-15/h2-6,10,12-13,16H,7-9,11,17H2,1H3. The highest BCUT2D eigenvalue weighted by Gasteiger charge is 2.26. The maximum Gasteiger partial charge on any atom is 0.0645 e. The van der Waals surface area contributed by atoms with Crippen LogP contribution in [0.2, 0.25) is 0 Å². The van der Waals surface area contributed by atoms with Gasteiger partial charge in [0.1, 0.15) is 0 Å². The maximum atomic E-state index is 5.97. The molecule has 20 heavy (non-hydrogen) atoms. The molecule has 1 aliphatic carbocycles. The van der Waals surface area contributed by atoms with Crippen LogP contribution in [0.15, 0.2) is 42.7 Å². The third-order valence-electron chi connectivity index (χ3n) is 4.01. The molecule has 1 aliphatic rings. The van der Waals surface area contributed by atoms with E-state index in [1.807, 2.05) is 29.1 Å². The van der Waals surface area contributed by atoms with Gasteiger partial charge >= 0.3 is 0 Å². The van der Waals surface area contributed by atoms with Crippen molar-refractivity contribution >= 4 is 0 Å². The number of para-hydroxylation sites is 1. The van der Waals surface area contributed by atoms with Crippen molar-refractivity contribution in [3.63, 3.8) is 0 Å². The van der Waals surface area contributed by atoms with E-state index in [4.69, 9.17) is 5.73 Å². The molecule has 2 aromatic rings. The minimum atomic E-state index is 0.257. The number of hydrogen-bond donors (Lipinski definition) is 1. The largest absolute Gasteiger partial charge is 0.329 e. The van der Waals surface area contributed by atoms with Gasteiger partial charge in [0, 0.05) is 30.9 Å². The Hall–Kier alpha value is -1.65. The van der Waals surface area contributed by atoms with Crippen LogP contribution in [0.25, 0.3) is 5.69 Å². The van der Waals surface area contributed by atoms with Gasteiger partial charge in [-0.2, -0.15) is 5.10 Å². The van der Waals surface area contributed by atoms with Crippen LogP contribution in [-0.4, -0.2) is 34.8 Å². The highest BCUT2D eigenvalue weighted by atomic mass is 15.3. The first-order valence-electron chi connectivity index (χ1n) is 7.28. The number of likely N-dealkylation sites (N-methyl/N-ethyl adjacent to an activating group) is 1. The fourth-order valence-corrected chi connectivity index (χ4v) is 2.64. The summed E-state index contributed by atoms with van der Waals surface area (Å²) in [6.07, 6.45) is 6.76. The summed E-state index contributed by atoms with van der Waals surface area (Å²) in [4.78, 5) is 2.37. The van der Waals surface area contributed by atoms with Gasteiger partial charge in [-0.3, -0.25) is 4.90 Å². The molecule has 1 aromatic carbocycles. The molecule has 1 saturated carbocycles. The summed E-state index contributed by atoms with van der Waals surface area (Å²) in [7, 11) is 2.16. The van der Waals surface area contributed by atoms with Crippen LogP contribution in [0.1, 0.15) is 24.4 Å². The smallest absolute Gasteiger partial charge is 0.0645 e. The Kier molecular flexibility index (Phi) is 3.85. The summed E-state index contributed by atoms with van der Waals surface area (Å²) in [5.41, 5.74) is 8.25. The molecular formula is C16H22N4. The zero-order valence-electron chi connectivity index (χ0n) is 11.9. The molecule has 106 valence electrons. The molecule has 1 aromatic heterocycles. The number of aromatic nitrogens is 2. The Morgan fingerprint density at radius 3 is 2.75 bits per heavy atom. The van der Waals surface area contributed by atoms with Crippen LogP contribution in [0, 0.1) is 5.92 Å². The number of nitrogens with zero attached hydrogens (tertiary/aromatic N) is 3. The van der Waals surface area contributed by atoms with Crippen LogP contribution in [0.3, 0.4) is 0 Å². The van der Waals surface area contributed by atoms with Crippen molar-refractivity contribution in [1.82, 2.24) is 14.7 Å². The van der Waals surface area contributed by atoms with Crippen LogP contribution >= 0.6 is 0 Å². The molecule has 1 heterocycles. The molecule has 0 amide bonds. The van der Waals surface area contributed by atoms with Crippen LogP contribution in [0.5, 0.6) is 0 Å². The van der Waals surface area contributed by atoms with Gasteiger partial charge in [0.25, 0.3) is 0 Å². The quantitative estimate of drug-likeness (QED) is 0.875. The Morgan fingerprint density at radius 2 is 2.10 bits per heavy atom. The van der Waals surface area contributed by atoms with Gasteiger partial charge in [-0.05, 0) is 37.9 Å². The monoisotopic (exact) mass is 270 g/mol. The van der Waals surface area contributed by atoms with E-state index < -0.39 is 0 Å². The fourth-order valence-electron chi connectivity index (χ4n) is 2.64. The number of hydrogen-bond acceptors (Lipinski definition) is 3. The average Bonchev–Trinajstić information content (AvgIpc) is 3.15. The third-order valence-corrected chi connectivity index (χ3v) is 4.01. The molecule has 2 N–H and O–H groups in total. The van der Waals surface area contributed by atoms with Crippen LogP contribution < -0.4 is 5.73 Å². The molecule has 0 radical (unpaired) electrons. The first-order valence-corrected chi connectivity index (χ1v) is 7.28. The Labute approximate surface area is 120 Å². The van der Waals surface area contributed by atoms with Gasteiger partial charge in [0.15, 0.2) is 0 Å². The summed E-state index contributed by atoms with van der Waals surface area (Å²) in [6.45, 7) is 1.77. The van der Waals surface area contributed by atoms with Gasteiger partial charge in [-0.25, -0.2) is 4.68 Å². The Balaban J connectivity index is 1.76. The lowest BCUT2D eigenvalue weighted by Crippen LogP contribution is -2.31. The molecule has 0 saturated heterocycles. The second-order valence-corrected chi connectivity index (χ2v) is 5.69. The maximum absolute atomic E-state index is 5.97. The van der Waals surface area contributed by atoms with Crippen LogP contribution in [-0.2, 0) is 0 Å². The minimum absolute atomic E-state index is 0.257. The molecule has 1 atom stereocenters. The summed E-state index contributed by atoms with van der Waals surface area (Å²) in [5.74, 6) is 0.873. The van der Waals surface area contributed by atoms with Crippen molar-refractivity contribution in [2.24, 2.45) is 11.7 Å². The van der Waals surface area contributed by atoms with Crippen molar-refractivity contribution in [2.75, 3.05) is 20.1 Å². The fraction of sp³-hybridized carbons (Fsp3) is 0.438. The first-order chi connectivity index (χ1) is 9.78. The zero-order valence-corrected chi connectivity index (χ0v) is 11.9. The summed E-state index contributed by atoms with van der Waals surface area (Å²) in [6, 6.07) is 10.4. The molecule has 1 unspecified atom stereocenters. The second kappa shape index (κ2) is 5.77. The van der Waals surface area contributed by atoms with Gasteiger partial charge in [0.2, 0.25) is 0 Å². The van der Waals surface area contributed by atoms with Crippen molar-refractivity contribution in [3.8, 4) is 5.69 Å². The predicted molar refractivity (Wildman–Crippen MR) is 80.7 cm³/mol. The lowest BCUT2D eigenvalue weighted by molar-refractivity contribution is 0.240. The second-order valence-electron chi connectivity index (χ2n) is 5.69. The highest BCUT2D eigenvalue weighted by Crippen LogP contribution is 2.31. The van der Waals surface area contributed by atoms with E-state index in [1.54, 1.807) is 0 Å². The predicted octanol–water partition coefficient (Wildman–Crippen LogP) is 2.21. The molecule has 4 heteroatoms. The van der Waals surface area contributed by atoms with E-state index in [2.05, 4.69) is 35.4 Å². The van der Waals surface area contributed by atoms with Crippen molar-refractivity contribution in [3.05, 3.63) is 48.3 Å². The molecule has 3 rings (SSSR count). The SMILES string of the molecule is CN(CC1CC1)C(CN)c1cnn(-c2ccccc2)c1.